The van der Waals surface area contributed by atoms with Gasteiger partial charge in [-0.25, -0.2) is 5.43 Å². The van der Waals surface area contributed by atoms with Gasteiger partial charge in [0.1, 0.15) is 0 Å². The van der Waals surface area contributed by atoms with Gasteiger partial charge in [-0.2, -0.15) is 0 Å². The van der Waals surface area contributed by atoms with E-state index in [0.717, 1.165) is 17.4 Å². The maximum atomic E-state index is 12.4. The largest absolute Gasteiger partial charge is 0.291 e. The summed E-state index contributed by atoms with van der Waals surface area (Å²) < 4.78 is 0. The zero-order chi connectivity index (χ0) is 15.6. The first-order chi connectivity index (χ1) is 11.3. The Morgan fingerprint density at radius 2 is 1.57 bits per heavy atom. The molecule has 0 radical (unpaired) electrons. The molecule has 2 N–H and O–H groups in total. The fourth-order valence-electron chi connectivity index (χ4n) is 3.42. The Morgan fingerprint density at radius 3 is 2.43 bits per heavy atom. The highest BCUT2D eigenvalue weighted by Crippen LogP contribution is 2.31. The predicted octanol–water partition coefficient (Wildman–Crippen LogP) is 3.17. The molecule has 3 aromatic rings. The van der Waals surface area contributed by atoms with Crippen LogP contribution in [0.4, 0.5) is 0 Å². The minimum absolute atomic E-state index is 0.0438. The van der Waals surface area contributed by atoms with E-state index in [1.807, 2.05) is 36.4 Å². The molecule has 1 heterocycles. The molecule has 0 unspecified atom stereocenters. The van der Waals surface area contributed by atoms with Gasteiger partial charge in [-0.1, -0.05) is 72.8 Å². The van der Waals surface area contributed by atoms with Crippen LogP contribution in [0.2, 0.25) is 0 Å². The van der Waals surface area contributed by atoms with Gasteiger partial charge in [0, 0.05) is 6.04 Å². The molecule has 0 aromatic heterocycles. The summed E-state index contributed by atoms with van der Waals surface area (Å²) in [5.74, 6) is -0.136. The van der Waals surface area contributed by atoms with Gasteiger partial charge in [0.05, 0.1) is 5.92 Å². The molecule has 1 fully saturated rings. The van der Waals surface area contributed by atoms with Gasteiger partial charge in [0.15, 0.2) is 0 Å². The number of benzene rings is 3. The molecular formula is C20H18N2O. The summed E-state index contributed by atoms with van der Waals surface area (Å²) in [6.07, 6.45) is 0.813. The van der Waals surface area contributed by atoms with Crippen molar-refractivity contribution in [3.63, 3.8) is 0 Å². The molecule has 0 spiro atoms. The average Bonchev–Trinajstić information content (AvgIpc) is 2.95. The number of fused-ring (bicyclic) bond motifs is 1. The van der Waals surface area contributed by atoms with Crippen molar-refractivity contribution in [1.29, 1.82) is 0 Å². The number of carbonyl (C=O) groups is 1. The quantitative estimate of drug-likeness (QED) is 0.780. The van der Waals surface area contributed by atoms with Crippen molar-refractivity contribution < 1.29 is 4.79 Å². The topological polar surface area (TPSA) is 41.1 Å². The van der Waals surface area contributed by atoms with E-state index in [1.165, 1.54) is 10.9 Å². The smallest absolute Gasteiger partial charge is 0.243 e. The summed E-state index contributed by atoms with van der Waals surface area (Å²) in [7, 11) is 0. The number of amides is 1. The van der Waals surface area contributed by atoms with Crippen LogP contribution in [0, 0.1) is 0 Å². The third-order valence-electron chi connectivity index (χ3n) is 4.52. The molecule has 1 aliphatic heterocycles. The normalized spacial score (nSPS) is 20.6. The fraction of sp³-hybridized carbons (Fsp3) is 0.150. The van der Waals surface area contributed by atoms with E-state index >= 15 is 0 Å². The van der Waals surface area contributed by atoms with Crippen molar-refractivity contribution in [3.05, 3.63) is 83.9 Å². The SMILES string of the molecule is O=C1NN[C@H](Cc2ccccc2)[C@@H]1c1cccc2ccccc12. The maximum Gasteiger partial charge on any atom is 0.243 e. The van der Waals surface area contributed by atoms with Gasteiger partial charge in [0.25, 0.3) is 0 Å². The molecule has 3 nitrogen and oxygen atoms in total. The van der Waals surface area contributed by atoms with Crippen LogP contribution in [0.15, 0.2) is 72.8 Å². The highest BCUT2D eigenvalue weighted by Gasteiger charge is 2.36. The van der Waals surface area contributed by atoms with Crippen molar-refractivity contribution in [2.45, 2.75) is 18.4 Å². The molecule has 4 rings (SSSR count). The van der Waals surface area contributed by atoms with Crippen LogP contribution in [0.25, 0.3) is 10.8 Å². The highest BCUT2D eigenvalue weighted by molar-refractivity contribution is 5.94. The summed E-state index contributed by atoms with van der Waals surface area (Å²) in [5.41, 5.74) is 8.30. The minimum Gasteiger partial charge on any atom is -0.291 e. The molecule has 3 aromatic carbocycles. The third kappa shape index (κ3) is 2.60. The van der Waals surface area contributed by atoms with Crippen LogP contribution in [-0.4, -0.2) is 11.9 Å². The van der Waals surface area contributed by atoms with Crippen LogP contribution in [0.5, 0.6) is 0 Å². The molecule has 1 aliphatic rings. The van der Waals surface area contributed by atoms with E-state index in [4.69, 9.17) is 0 Å². The Hall–Kier alpha value is -2.65. The Bertz CT molecular complexity index is 839. The van der Waals surface area contributed by atoms with Crippen LogP contribution in [0.1, 0.15) is 17.0 Å². The second-order valence-corrected chi connectivity index (χ2v) is 5.98. The molecule has 114 valence electrons. The number of rotatable bonds is 3. The number of nitrogens with one attached hydrogen (secondary N) is 2. The summed E-state index contributed by atoms with van der Waals surface area (Å²) in [6, 6.07) is 24.8. The molecule has 0 bridgehead atoms. The van der Waals surface area contributed by atoms with E-state index in [9.17, 15) is 4.79 Å². The first-order valence-corrected chi connectivity index (χ1v) is 7.90. The first kappa shape index (κ1) is 14.0. The fourth-order valence-corrected chi connectivity index (χ4v) is 3.42. The van der Waals surface area contributed by atoms with E-state index in [1.54, 1.807) is 0 Å². The Labute approximate surface area is 135 Å². The number of hydrogen-bond donors (Lipinski definition) is 2. The van der Waals surface area contributed by atoms with Gasteiger partial charge in [-0.15, -0.1) is 0 Å². The summed E-state index contributed by atoms with van der Waals surface area (Å²) in [4.78, 5) is 12.4. The van der Waals surface area contributed by atoms with E-state index in [2.05, 4.69) is 47.2 Å². The average molecular weight is 302 g/mol. The number of carbonyl (C=O) groups excluding carboxylic acids is 1. The predicted molar refractivity (Wildman–Crippen MR) is 91.9 cm³/mol. The number of hydrazine groups is 1. The third-order valence-corrected chi connectivity index (χ3v) is 4.52. The van der Waals surface area contributed by atoms with E-state index in [-0.39, 0.29) is 17.9 Å². The Kier molecular flexibility index (Phi) is 3.56. The number of hydrogen-bond acceptors (Lipinski definition) is 2. The standard InChI is InChI=1S/C20H18N2O/c23-20-19(17-12-6-10-15-9-4-5-11-16(15)17)18(21-22-20)13-14-7-2-1-3-8-14/h1-12,18-19,21H,13H2,(H,22,23)/t18-,19+/m1/s1. The molecule has 3 heteroatoms. The van der Waals surface area contributed by atoms with Crippen LogP contribution < -0.4 is 10.9 Å². The molecule has 2 atom stereocenters. The Balaban J connectivity index is 1.74. The second kappa shape index (κ2) is 5.86. The lowest BCUT2D eigenvalue weighted by Gasteiger charge is -2.18. The van der Waals surface area contributed by atoms with Crippen molar-refractivity contribution in [2.75, 3.05) is 0 Å². The lowest BCUT2D eigenvalue weighted by atomic mass is 9.86. The molecule has 1 amide bonds. The summed E-state index contributed by atoms with van der Waals surface area (Å²) in [5, 5.41) is 2.32. The highest BCUT2D eigenvalue weighted by atomic mass is 16.2. The lowest BCUT2D eigenvalue weighted by molar-refractivity contribution is -0.120. The zero-order valence-electron chi connectivity index (χ0n) is 12.7. The summed E-state index contributed by atoms with van der Waals surface area (Å²) >= 11 is 0. The molecular weight excluding hydrogens is 284 g/mol. The molecule has 1 saturated heterocycles. The minimum atomic E-state index is -0.179. The first-order valence-electron chi connectivity index (χ1n) is 7.90. The van der Waals surface area contributed by atoms with Crippen molar-refractivity contribution in [2.24, 2.45) is 0 Å². The van der Waals surface area contributed by atoms with E-state index < -0.39 is 0 Å². The monoisotopic (exact) mass is 302 g/mol. The Morgan fingerprint density at radius 1 is 0.826 bits per heavy atom. The van der Waals surface area contributed by atoms with Crippen molar-refractivity contribution >= 4 is 16.7 Å². The second-order valence-electron chi connectivity index (χ2n) is 5.98. The van der Waals surface area contributed by atoms with Crippen molar-refractivity contribution in [3.8, 4) is 0 Å². The van der Waals surface area contributed by atoms with E-state index in [0.29, 0.717) is 0 Å². The van der Waals surface area contributed by atoms with Gasteiger partial charge >= 0.3 is 0 Å². The van der Waals surface area contributed by atoms with Crippen LogP contribution in [0.3, 0.4) is 0 Å². The lowest BCUT2D eigenvalue weighted by Crippen LogP contribution is -2.33. The van der Waals surface area contributed by atoms with Gasteiger partial charge < -0.3 is 0 Å². The zero-order valence-corrected chi connectivity index (χ0v) is 12.7. The van der Waals surface area contributed by atoms with Gasteiger partial charge in [-0.3, -0.25) is 10.2 Å². The van der Waals surface area contributed by atoms with Crippen LogP contribution in [-0.2, 0) is 11.2 Å². The maximum absolute atomic E-state index is 12.4. The van der Waals surface area contributed by atoms with Crippen molar-refractivity contribution in [1.82, 2.24) is 10.9 Å². The summed E-state index contributed by atoms with van der Waals surface area (Å²) in [6.45, 7) is 0. The van der Waals surface area contributed by atoms with Crippen LogP contribution >= 0.6 is 0 Å². The molecule has 23 heavy (non-hydrogen) atoms. The van der Waals surface area contributed by atoms with Gasteiger partial charge in [-0.05, 0) is 28.3 Å². The van der Waals surface area contributed by atoms with Gasteiger partial charge in [0.2, 0.25) is 5.91 Å². The molecule has 0 aliphatic carbocycles. The molecule has 0 saturated carbocycles.